The molecule has 0 atom stereocenters. The van der Waals surface area contributed by atoms with Gasteiger partial charge in [0.1, 0.15) is 11.1 Å². The van der Waals surface area contributed by atoms with Gasteiger partial charge in [-0.05, 0) is 0 Å². The van der Waals surface area contributed by atoms with Gasteiger partial charge in [0.05, 0.1) is 0 Å². The van der Waals surface area contributed by atoms with Gasteiger partial charge in [-0.15, -0.1) is 17.0 Å². The van der Waals surface area contributed by atoms with Crippen molar-refractivity contribution in [2.24, 2.45) is 0 Å². The third kappa shape index (κ3) is 59.7. The number of nitrogens with one attached hydrogen (secondary N) is 2. The van der Waals surface area contributed by atoms with Crippen LogP contribution in [0.4, 0.5) is 0 Å². The number of halogens is 1. The van der Waals surface area contributed by atoms with Crippen molar-refractivity contribution >= 4 is 17.0 Å². The third-order valence-electron chi connectivity index (χ3n) is 0. The summed E-state index contributed by atoms with van der Waals surface area (Å²) < 4.78 is 0. The third-order valence-corrected chi connectivity index (χ3v) is 0. The molecule has 0 amide bonds. The Hall–Kier alpha value is 0.790. The van der Waals surface area contributed by atoms with E-state index in [0.717, 1.165) is 0 Å². The van der Waals surface area contributed by atoms with Crippen LogP contribution >= 0.6 is 17.0 Å². The van der Waals surface area contributed by atoms with Gasteiger partial charge in [0, 0.05) is 0 Å². The Morgan fingerprint density at radius 2 is 1.40 bits per heavy atom. The van der Waals surface area contributed by atoms with Crippen LogP contribution in [0.15, 0.2) is 0 Å². The van der Waals surface area contributed by atoms with Crippen LogP contribution in [0.1, 0.15) is 1.43 Å². The summed E-state index contributed by atoms with van der Waals surface area (Å²) in [6.07, 6.45) is 0. The zero-order valence-corrected chi connectivity index (χ0v) is 6.57. The standard InChI is InChI=1S/BrH.H2N3.Na.H/c;1-3-2;;/h1H;1-2H;;/q;2*+1;-1. The van der Waals surface area contributed by atoms with E-state index in [-0.39, 0.29) is 48.0 Å². The van der Waals surface area contributed by atoms with Crippen molar-refractivity contribution in [1.29, 1.82) is 11.1 Å². The molecule has 5 heavy (non-hydrogen) atoms. The Morgan fingerprint density at radius 3 is 1.40 bits per heavy atom. The summed E-state index contributed by atoms with van der Waals surface area (Å²) in [5.74, 6) is 0. The Kier molecular flexibility index (Phi) is 73.3. The Bertz CT molecular complexity index is 31.8. The van der Waals surface area contributed by atoms with Gasteiger partial charge in [-0.25, -0.2) is 0 Å². The number of nitrogens with zero attached hydrogens (tertiary/aromatic N) is 1. The molecule has 5 heteroatoms. The van der Waals surface area contributed by atoms with E-state index in [1.807, 2.05) is 4.91 Å². The van der Waals surface area contributed by atoms with Crippen LogP contribution in [0.25, 0.3) is 0 Å². The second-order valence-electron chi connectivity index (χ2n) is 0.112. The average Bonchev–Trinajstić information content (AvgIpc) is 0.918. The first-order valence-electron chi connectivity index (χ1n) is 0.447. The maximum atomic E-state index is 5.50. The van der Waals surface area contributed by atoms with Gasteiger partial charge in [-0.3, -0.25) is 0 Å². The molecule has 0 fully saturated rings. The molecule has 0 aromatic rings. The largest absolute Gasteiger partial charge is 1.00 e. The van der Waals surface area contributed by atoms with E-state index in [4.69, 9.17) is 11.1 Å². The molecule has 0 aromatic heterocycles. The van der Waals surface area contributed by atoms with Gasteiger partial charge < -0.3 is 1.43 Å². The SMILES string of the molecule is Br.N=[N+]=N.[H-].[Na+]. The Balaban J connectivity index is -0.00000000667. The van der Waals surface area contributed by atoms with E-state index >= 15 is 0 Å². The van der Waals surface area contributed by atoms with Crippen molar-refractivity contribution in [3.63, 3.8) is 0 Å². The molecule has 0 radical (unpaired) electrons. The topological polar surface area (TPSA) is 61.8 Å². The summed E-state index contributed by atoms with van der Waals surface area (Å²) in [5.41, 5.74) is 11.0. The van der Waals surface area contributed by atoms with Crippen molar-refractivity contribution in [1.82, 2.24) is 4.91 Å². The van der Waals surface area contributed by atoms with E-state index in [9.17, 15) is 0 Å². The summed E-state index contributed by atoms with van der Waals surface area (Å²) in [6, 6.07) is 0. The minimum Gasteiger partial charge on any atom is -1.00 e. The molecule has 0 saturated carbocycles. The van der Waals surface area contributed by atoms with Crippen LogP contribution < -0.4 is 34.5 Å². The zero-order chi connectivity index (χ0) is 2.71. The molecular weight excluding hydrogens is 145 g/mol. The second-order valence-corrected chi connectivity index (χ2v) is 0.112. The number of hydrogen-bond donors (Lipinski definition) is 2. The summed E-state index contributed by atoms with van der Waals surface area (Å²) in [5, 5.41) is 0. The minimum atomic E-state index is 0. The second kappa shape index (κ2) is 21.5. The molecule has 0 unspecified atom stereocenters. The fraction of sp³-hybridized carbons (Fsp3) is 0. The van der Waals surface area contributed by atoms with E-state index in [1.54, 1.807) is 0 Å². The zero-order valence-electron chi connectivity index (χ0n) is 3.86. The van der Waals surface area contributed by atoms with Crippen molar-refractivity contribution < 1.29 is 31.0 Å². The van der Waals surface area contributed by atoms with Gasteiger partial charge in [0.15, 0.2) is 0 Å². The Morgan fingerprint density at radius 1 is 1.40 bits per heavy atom. The molecule has 0 spiro atoms. The van der Waals surface area contributed by atoms with Gasteiger partial charge in [0.25, 0.3) is 0 Å². The Labute approximate surface area is 63.7 Å². The molecule has 0 heterocycles. The summed E-state index contributed by atoms with van der Waals surface area (Å²) >= 11 is 0. The molecule has 2 N–H and O–H groups in total. The smallest absolute Gasteiger partial charge is 1.00 e. The van der Waals surface area contributed by atoms with E-state index in [0.29, 0.717) is 0 Å². The molecule has 0 saturated heterocycles. The normalized spacial score (nSPS) is 1.60. The first kappa shape index (κ1) is 17.1. The van der Waals surface area contributed by atoms with Crippen LogP contribution in [-0.2, 0) is 0 Å². The van der Waals surface area contributed by atoms with E-state index in [1.165, 1.54) is 0 Å². The van der Waals surface area contributed by atoms with Crippen LogP contribution in [-0.4, -0.2) is 0 Å². The van der Waals surface area contributed by atoms with Crippen LogP contribution in [0.3, 0.4) is 0 Å². The molecular formula is H4BrN3Na+. The molecule has 0 aliphatic carbocycles. The van der Waals surface area contributed by atoms with Gasteiger partial charge in [-0.1, -0.05) is 0 Å². The van der Waals surface area contributed by atoms with Crippen LogP contribution in [0, 0.1) is 11.1 Å². The van der Waals surface area contributed by atoms with Crippen molar-refractivity contribution in [2.45, 2.75) is 0 Å². The first-order chi connectivity index (χ1) is 1.41. The first-order valence-corrected chi connectivity index (χ1v) is 0.447. The molecule has 0 aromatic carbocycles. The summed E-state index contributed by atoms with van der Waals surface area (Å²) in [6.45, 7) is 0. The fourth-order valence-corrected chi connectivity index (χ4v) is 0. The summed E-state index contributed by atoms with van der Waals surface area (Å²) in [7, 11) is 0. The van der Waals surface area contributed by atoms with Gasteiger partial charge in [0.2, 0.25) is 4.91 Å². The molecule has 0 aliphatic heterocycles. The van der Waals surface area contributed by atoms with Crippen molar-refractivity contribution in [3.05, 3.63) is 0 Å². The maximum Gasteiger partial charge on any atom is 1.00 e. The van der Waals surface area contributed by atoms with Crippen LogP contribution in [0.5, 0.6) is 0 Å². The average molecular weight is 149 g/mol. The predicted molar refractivity (Wildman–Crippen MR) is 19.0 cm³/mol. The molecule has 0 bridgehead atoms. The minimum absolute atomic E-state index is 0. The van der Waals surface area contributed by atoms with Gasteiger partial charge >= 0.3 is 29.6 Å². The molecule has 26 valence electrons. The van der Waals surface area contributed by atoms with Crippen LogP contribution in [0.2, 0.25) is 0 Å². The monoisotopic (exact) mass is 148 g/mol. The fourth-order valence-electron chi connectivity index (χ4n) is 0. The van der Waals surface area contributed by atoms with Gasteiger partial charge in [-0.2, -0.15) is 0 Å². The van der Waals surface area contributed by atoms with E-state index in [2.05, 4.69) is 0 Å². The maximum absolute atomic E-state index is 5.50. The number of hydrogen-bond acceptors (Lipinski definition) is 2. The predicted octanol–water partition coefficient (Wildman–Crippen LogP) is -2.19. The molecule has 0 rings (SSSR count). The van der Waals surface area contributed by atoms with Crippen molar-refractivity contribution in [2.75, 3.05) is 0 Å². The van der Waals surface area contributed by atoms with E-state index < -0.39 is 0 Å². The summed E-state index contributed by atoms with van der Waals surface area (Å²) in [4.78, 5) is 2.00. The number of rotatable bonds is 0. The molecule has 3 nitrogen and oxygen atoms in total. The molecule has 0 aliphatic rings. The van der Waals surface area contributed by atoms with Crippen molar-refractivity contribution in [3.8, 4) is 0 Å². The quantitative estimate of drug-likeness (QED) is 0.223.